The van der Waals surface area contributed by atoms with E-state index in [0.717, 1.165) is 25.0 Å². The van der Waals surface area contributed by atoms with Crippen molar-refractivity contribution in [3.8, 4) is 17.0 Å². The molecule has 1 aliphatic heterocycles. The number of hydrogen-bond donors (Lipinski definition) is 1. The van der Waals surface area contributed by atoms with Crippen LogP contribution in [0.4, 0.5) is 5.69 Å². The molecule has 1 aliphatic rings. The van der Waals surface area contributed by atoms with E-state index in [1.807, 2.05) is 4.68 Å². The van der Waals surface area contributed by atoms with Crippen molar-refractivity contribution >= 4 is 28.8 Å². The van der Waals surface area contributed by atoms with Crippen LogP contribution in [0, 0.1) is 0 Å². The van der Waals surface area contributed by atoms with Crippen LogP contribution in [0.3, 0.4) is 0 Å². The first kappa shape index (κ1) is 20.5. The number of carbonyl (C=O) groups is 1. The van der Waals surface area contributed by atoms with Crippen LogP contribution in [-0.2, 0) is 11.3 Å². The molecule has 4 heterocycles. The number of nitrogens with one attached hydrogen (secondary N) is 1. The molecule has 4 aromatic rings. The van der Waals surface area contributed by atoms with Gasteiger partial charge in [0.2, 0.25) is 0 Å². The van der Waals surface area contributed by atoms with Crippen molar-refractivity contribution in [1.29, 1.82) is 0 Å². The lowest BCUT2D eigenvalue weighted by Gasteiger charge is -2.16. The van der Waals surface area contributed by atoms with Gasteiger partial charge in [-0.2, -0.15) is 10.2 Å². The Kier molecular flexibility index (Phi) is 5.50. The standard InChI is InChI=1S/C22H21ClN6O3/c1-31-19-6-5-14(23)10-16(19)20-18(12-26-29(20)13-15-4-2-9-32-15)27-22(30)17-11-25-28-8-3-7-24-21(17)28/h3,5-8,10-12,15H,2,4,9,13H2,1H3,(H,27,30). The predicted molar refractivity (Wildman–Crippen MR) is 119 cm³/mol. The zero-order chi connectivity index (χ0) is 22.1. The minimum atomic E-state index is -0.336. The van der Waals surface area contributed by atoms with Crippen molar-refractivity contribution < 1.29 is 14.3 Å². The van der Waals surface area contributed by atoms with Gasteiger partial charge >= 0.3 is 0 Å². The molecule has 3 aromatic heterocycles. The summed E-state index contributed by atoms with van der Waals surface area (Å²) in [5, 5.41) is 12.3. The summed E-state index contributed by atoms with van der Waals surface area (Å²) in [4.78, 5) is 17.4. The molecule has 0 spiro atoms. The third-order valence-electron chi connectivity index (χ3n) is 5.43. The summed E-state index contributed by atoms with van der Waals surface area (Å²) in [6, 6.07) is 7.10. The summed E-state index contributed by atoms with van der Waals surface area (Å²) in [6.07, 6.45) is 8.52. The second-order valence-corrected chi connectivity index (χ2v) is 7.91. The van der Waals surface area contributed by atoms with E-state index in [0.29, 0.717) is 39.9 Å². The molecule has 1 unspecified atom stereocenters. The van der Waals surface area contributed by atoms with Crippen molar-refractivity contribution in [2.45, 2.75) is 25.5 Å². The van der Waals surface area contributed by atoms with Gasteiger partial charge in [-0.05, 0) is 37.1 Å². The topological polar surface area (TPSA) is 95.6 Å². The second kappa shape index (κ2) is 8.60. The molecular formula is C22H21ClN6O3. The summed E-state index contributed by atoms with van der Waals surface area (Å²) in [6.45, 7) is 1.30. The molecule has 1 atom stereocenters. The molecule has 0 aliphatic carbocycles. The van der Waals surface area contributed by atoms with Crippen LogP contribution >= 0.6 is 11.6 Å². The van der Waals surface area contributed by atoms with Gasteiger partial charge in [0.1, 0.15) is 11.3 Å². The fourth-order valence-corrected chi connectivity index (χ4v) is 4.09. The van der Waals surface area contributed by atoms with Crippen LogP contribution in [0.5, 0.6) is 5.75 Å². The molecule has 1 fully saturated rings. The van der Waals surface area contributed by atoms with Crippen LogP contribution in [0.15, 0.2) is 49.1 Å². The van der Waals surface area contributed by atoms with Crippen molar-refractivity contribution in [1.82, 2.24) is 24.4 Å². The second-order valence-electron chi connectivity index (χ2n) is 7.47. The maximum Gasteiger partial charge on any atom is 0.261 e. The molecule has 1 aromatic carbocycles. The Morgan fingerprint density at radius 2 is 2.25 bits per heavy atom. The van der Waals surface area contributed by atoms with Crippen molar-refractivity contribution in [3.63, 3.8) is 0 Å². The van der Waals surface area contributed by atoms with Crippen LogP contribution < -0.4 is 10.1 Å². The van der Waals surface area contributed by atoms with Gasteiger partial charge in [-0.3, -0.25) is 9.48 Å². The Balaban J connectivity index is 1.55. The molecule has 32 heavy (non-hydrogen) atoms. The van der Waals surface area contributed by atoms with E-state index >= 15 is 0 Å². The predicted octanol–water partition coefficient (Wildman–Crippen LogP) is 3.69. The van der Waals surface area contributed by atoms with Crippen LogP contribution in [0.1, 0.15) is 23.2 Å². The van der Waals surface area contributed by atoms with Crippen molar-refractivity contribution in [2.24, 2.45) is 0 Å². The van der Waals surface area contributed by atoms with Crippen LogP contribution in [0.25, 0.3) is 16.9 Å². The molecule has 0 saturated carbocycles. The van der Waals surface area contributed by atoms with Crippen molar-refractivity contribution in [2.75, 3.05) is 19.0 Å². The first-order chi connectivity index (χ1) is 15.6. The largest absolute Gasteiger partial charge is 0.496 e. The summed E-state index contributed by atoms with van der Waals surface area (Å²) in [5.74, 6) is 0.286. The molecule has 1 amide bonds. The van der Waals surface area contributed by atoms with Gasteiger partial charge in [-0.15, -0.1) is 0 Å². The van der Waals surface area contributed by atoms with Gasteiger partial charge in [0, 0.05) is 29.6 Å². The monoisotopic (exact) mass is 452 g/mol. The van der Waals surface area contributed by atoms with E-state index < -0.39 is 0 Å². The Bertz CT molecular complexity index is 1280. The SMILES string of the molecule is COc1ccc(Cl)cc1-c1c(NC(=O)c2cnn3cccnc23)cnn1CC1CCCO1. The number of halogens is 1. The van der Waals surface area contributed by atoms with E-state index in [2.05, 4.69) is 20.5 Å². The zero-order valence-electron chi connectivity index (χ0n) is 17.4. The number of ether oxygens (including phenoxy) is 2. The number of methoxy groups -OCH3 is 1. The minimum absolute atomic E-state index is 0.0613. The van der Waals surface area contributed by atoms with Gasteiger partial charge < -0.3 is 14.8 Å². The highest BCUT2D eigenvalue weighted by Crippen LogP contribution is 2.37. The van der Waals surface area contributed by atoms with E-state index in [-0.39, 0.29) is 12.0 Å². The van der Waals surface area contributed by atoms with Crippen LogP contribution in [-0.4, -0.2) is 50.1 Å². The minimum Gasteiger partial charge on any atom is -0.496 e. The van der Waals surface area contributed by atoms with E-state index in [4.69, 9.17) is 21.1 Å². The first-order valence-electron chi connectivity index (χ1n) is 10.2. The van der Waals surface area contributed by atoms with E-state index in [9.17, 15) is 4.79 Å². The number of amides is 1. The van der Waals surface area contributed by atoms with Gasteiger partial charge in [-0.25, -0.2) is 9.50 Å². The number of rotatable bonds is 6. The molecule has 0 bridgehead atoms. The zero-order valence-corrected chi connectivity index (χ0v) is 18.1. The normalized spacial score (nSPS) is 15.9. The maximum atomic E-state index is 13.1. The van der Waals surface area contributed by atoms with E-state index in [1.54, 1.807) is 54.5 Å². The smallest absolute Gasteiger partial charge is 0.261 e. The lowest BCUT2D eigenvalue weighted by Crippen LogP contribution is -2.18. The quantitative estimate of drug-likeness (QED) is 0.479. The molecule has 164 valence electrons. The summed E-state index contributed by atoms with van der Waals surface area (Å²) in [5.41, 5.74) is 2.78. The number of hydrogen-bond acceptors (Lipinski definition) is 6. The highest BCUT2D eigenvalue weighted by atomic mass is 35.5. The molecule has 0 radical (unpaired) electrons. The number of aromatic nitrogens is 5. The van der Waals surface area contributed by atoms with Crippen molar-refractivity contribution in [3.05, 3.63) is 59.6 Å². The van der Waals surface area contributed by atoms with Gasteiger partial charge in [0.05, 0.1) is 43.5 Å². The molecule has 10 heteroatoms. The molecule has 1 saturated heterocycles. The number of nitrogens with zero attached hydrogens (tertiary/aromatic N) is 5. The molecule has 1 N–H and O–H groups in total. The Hall–Kier alpha value is -3.43. The Labute approximate surface area is 188 Å². The summed E-state index contributed by atoms with van der Waals surface area (Å²) >= 11 is 6.30. The lowest BCUT2D eigenvalue weighted by atomic mass is 10.1. The highest BCUT2D eigenvalue weighted by Gasteiger charge is 2.24. The highest BCUT2D eigenvalue weighted by molar-refractivity contribution is 6.31. The number of anilines is 1. The average molecular weight is 453 g/mol. The average Bonchev–Trinajstić information content (AvgIpc) is 3.54. The first-order valence-corrected chi connectivity index (χ1v) is 10.6. The summed E-state index contributed by atoms with van der Waals surface area (Å²) in [7, 11) is 1.59. The Morgan fingerprint density at radius 1 is 1.34 bits per heavy atom. The fraction of sp³-hybridized carbons (Fsp3) is 0.273. The van der Waals surface area contributed by atoms with Gasteiger partial charge in [0.15, 0.2) is 5.65 Å². The maximum absolute atomic E-state index is 13.1. The fourth-order valence-electron chi connectivity index (χ4n) is 3.92. The third kappa shape index (κ3) is 3.80. The molecular weight excluding hydrogens is 432 g/mol. The van der Waals surface area contributed by atoms with Crippen LogP contribution in [0.2, 0.25) is 5.02 Å². The molecule has 5 rings (SSSR count). The number of carbonyl (C=O) groups excluding carboxylic acids is 1. The number of benzene rings is 1. The third-order valence-corrected chi connectivity index (χ3v) is 5.66. The lowest BCUT2D eigenvalue weighted by molar-refractivity contribution is 0.0944. The molecule has 9 nitrogen and oxygen atoms in total. The number of fused-ring (bicyclic) bond motifs is 1. The van der Waals surface area contributed by atoms with Gasteiger partial charge in [-0.1, -0.05) is 11.6 Å². The Morgan fingerprint density at radius 3 is 3.06 bits per heavy atom. The summed E-state index contributed by atoms with van der Waals surface area (Å²) < 4.78 is 14.8. The van der Waals surface area contributed by atoms with E-state index in [1.165, 1.54) is 6.20 Å². The van der Waals surface area contributed by atoms with Gasteiger partial charge in [0.25, 0.3) is 5.91 Å².